The van der Waals surface area contributed by atoms with Crippen molar-refractivity contribution >= 4 is 62.3 Å². The Labute approximate surface area is 274 Å². The summed E-state index contributed by atoms with van der Waals surface area (Å²) < 4.78 is 34.3. The van der Waals surface area contributed by atoms with Crippen molar-refractivity contribution in [2.45, 2.75) is 69.0 Å². The van der Waals surface area contributed by atoms with E-state index in [4.69, 9.17) is 39.5 Å². The lowest BCUT2D eigenvalue weighted by Crippen LogP contribution is -2.54. The lowest BCUT2D eigenvalue weighted by atomic mass is 9.95. The van der Waals surface area contributed by atoms with Gasteiger partial charge in [0.2, 0.25) is 11.8 Å². The second-order valence-electron chi connectivity index (χ2n) is 10.7. The number of amides is 2. The first kappa shape index (κ1) is 33.9. The zero-order valence-corrected chi connectivity index (χ0v) is 27.7. The van der Waals surface area contributed by atoms with E-state index in [-0.39, 0.29) is 29.1 Å². The molecule has 0 aliphatic heterocycles. The van der Waals surface area contributed by atoms with Crippen LogP contribution in [0, 0.1) is 0 Å². The number of nitrogens with zero attached hydrogens (tertiary/aromatic N) is 2. The molecule has 1 fully saturated rings. The molecular formula is C32H36Cl3N3O5S. The van der Waals surface area contributed by atoms with Gasteiger partial charge in [-0.25, -0.2) is 8.42 Å². The fourth-order valence-corrected chi connectivity index (χ4v) is 7.24. The lowest BCUT2D eigenvalue weighted by Gasteiger charge is -2.34. The maximum atomic E-state index is 14.3. The van der Waals surface area contributed by atoms with Crippen molar-refractivity contribution in [1.29, 1.82) is 0 Å². The van der Waals surface area contributed by atoms with Crippen LogP contribution in [-0.2, 0) is 26.2 Å². The third-order valence-electron chi connectivity index (χ3n) is 7.70. The summed E-state index contributed by atoms with van der Waals surface area (Å²) in [6.45, 7) is 1.25. The Morgan fingerprint density at radius 3 is 2.27 bits per heavy atom. The number of anilines is 1. The fraction of sp³-hybridized carbons (Fsp3) is 0.375. The van der Waals surface area contributed by atoms with Gasteiger partial charge in [-0.15, -0.1) is 0 Å². The van der Waals surface area contributed by atoms with Gasteiger partial charge in [0.1, 0.15) is 18.3 Å². The number of halogens is 3. The first-order chi connectivity index (χ1) is 21.0. The number of benzene rings is 3. The van der Waals surface area contributed by atoms with Gasteiger partial charge in [0, 0.05) is 17.6 Å². The standard InChI is InChI=1S/C32H36Cl3N3O5S/c1-3-30(32(40)36-24-9-5-4-6-10-24)37(20-22-12-17-28(34)29(35)18-22)31(39)21-38(25-11-7-8-23(33)19-25)44(41,42)27-15-13-26(43-2)14-16-27/h7-8,11-19,24,30H,3-6,9-10,20-21H2,1-2H3,(H,36,40)/t30-/m1/s1. The van der Waals surface area contributed by atoms with Crippen LogP contribution in [0.1, 0.15) is 51.0 Å². The second-order valence-corrected chi connectivity index (χ2v) is 13.8. The number of sulfonamides is 1. The van der Waals surface area contributed by atoms with Crippen molar-refractivity contribution in [2.75, 3.05) is 18.0 Å². The summed E-state index contributed by atoms with van der Waals surface area (Å²) in [4.78, 5) is 29.3. The molecule has 3 aromatic rings. The molecule has 4 rings (SSSR count). The summed E-state index contributed by atoms with van der Waals surface area (Å²) in [5, 5.41) is 4.09. The SMILES string of the molecule is CC[C@H](C(=O)NC1CCCCC1)N(Cc1ccc(Cl)c(Cl)c1)C(=O)CN(c1cccc(Cl)c1)S(=O)(=O)c1ccc(OC)cc1. The number of carbonyl (C=O) groups excluding carboxylic acids is 2. The van der Waals surface area contributed by atoms with Crippen LogP contribution in [0.4, 0.5) is 5.69 Å². The molecule has 0 saturated heterocycles. The first-order valence-electron chi connectivity index (χ1n) is 14.5. The normalized spacial score (nSPS) is 14.5. The van der Waals surface area contributed by atoms with E-state index < -0.39 is 28.5 Å². The predicted molar refractivity (Wildman–Crippen MR) is 175 cm³/mol. The lowest BCUT2D eigenvalue weighted by molar-refractivity contribution is -0.140. The molecule has 1 atom stereocenters. The molecule has 0 radical (unpaired) electrons. The third kappa shape index (κ3) is 8.38. The minimum atomic E-state index is -4.25. The smallest absolute Gasteiger partial charge is 0.264 e. The molecule has 8 nitrogen and oxygen atoms in total. The summed E-state index contributed by atoms with van der Waals surface area (Å²) in [5.74, 6) is -0.365. The Balaban J connectivity index is 1.72. The molecule has 3 aromatic carbocycles. The maximum absolute atomic E-state index is 14.3. The quantitative estimate of drug-likeness (QED) is 0.220. The minimum absolute atomic E-state index is 0.0122. The molecule has 1 N–H and O–H groups in total. The Morgan fingerprint density at radius 2 is 1.66 bits per heavy atom. The van der Waals surface area contributed by atoms with Crippen LogP contribution in [0.2, 0.25) is 15.1 Å². The highest BCUT2D eigenvalue weighted by atomic mass is 35.5. The molecule has 44 heavy (non-hydrogen) atoms. The fourth-order valence-electron chi connectivity index (χ4n) is 5.33. The Bertz CT molecular complexity index is 1560. The van der Waals surface area contributed by atoms with E-state index in [0.29, 0.717) is 32.8 Å². The molecule has 236 valence electrons. The monoisotopic (exact) mass is 679 g/mol. The largest absolute Gasteiger partial charge is 0.497 e. The molecule has 0 unspecified atom stereocenters. The number of ether oxygens (including phenoxy) is 1. The van der Waals surface area contributed by atoms with Gasteiger partial charge < -0.3 is 15.0 Å². The highest BCUT2D eigenvalue weighted by Gasteiger charge is 2.34. The van der Waals surface area contributed by atoms with Crippen molar-refractivity contribution in [3.63, 3.8) is 0 Å². The number of methoxy groups -OCH3 is 1. The van der Waals surface area contributed by atoms with Crippen molar-refractivity contribution in [2.24, 2.45) is 0 Å². The van der Waals surface area contributed by atoms with E-state index in [1.165, 1.54) is 42.3 Å². The van der Waals surface area contributed by atoms with Crippen LogP contribution in [0.5, 0.6) is 5.75 Å². The second kappa shape index (κ2) is 15.3. The predicted octanol–water partition coefficient (Wildman–Crippen LogP) is 7.11. The Morgan fingerprint density at radius 1 is 0.955 bits per heavy atom. The van der Waals surface area contributed by atoms with Crippen molar-refractivity contribution in [3.8, 4) is 5.75 Å². The molecule has 1 aliphatic carbocycles. The minimum Gasteiger partial charge on any atom is -0.497 e. The highest BCUT2D eigenvalue weighted by molar-refractivity contribution is 7.92. The van der Waals surface area contributed by atoms with Crippen molar-refractivity contribution < 1.29 is 22.7 Å². The molecule has 2 amide bonds. The van der Waals surface area contributed by atoms with Gasteiger partial charge in [0.15, 0.2) is 0 Å². The van der Waals surface area contributed by atoms with Gasteiger partial charge in [-0.3, -0.25) is 13.9 Å². The van der Waals surface area contributed by atoms with E-state index >= 15 is 0 Å². The van der Waals surface area contributed by atoms with Gasteiger partial charge in [-0.2, -0.15) is 0 Å². The van der Waals surface area contributed by atoms with Crippen LogP contribution in [0.25, 0.3) is 0 Å². The summed E-state index contributed by atoms with van der Waals surface area (Å²) in [6.07, 6.45) is 5.27. The van der Waals surface area contributed by atoms with Gasteiger partial charge in [-0.1, -0.05) is 73.1 Å². The van der Waals surface area contributed by atoms with Gasteiger partial charge in [0.25, 0.3) is 10.0 Å². The van der Waals surface area contributed by atoms with E-state index in [9.17, 15) is 18.0 Å². The van der Waals surface area contributed by atoms with E-state index in [0.717, 1.165) is 36.4 Å². The van der Waals surface area contributed by atoms with Crippen molar-refractivity contribution in [3.05, 3.63) is 87.4 Å². The van der Waals surface area contributed by atoms with Crippen LogP contribution < -0.4 is 14.4 Å². The Hall–Kier alpha value is -2.98. The number of hydrogen-bond acceptors (Lipinski definition) is 5. The molecule has 1 saturated carbocycles. The molecule has 1 aliphatic rings. The molecular weight excluding hydrogens is 645 g/mol. The summed E-state index contributed by atoms with van der Waals surface area (Å²) in [5.41, 5.74) is 0.847. The molecule has 0 heterocycles. The average molecular weight is 681 g/mol. The summed E-state index contributed by atoms with van der Waals surface area (Å²) in [7, 11) is -2.77. The van der Waals surface area contributed by atoms with Gasteiger partial charge in [0.05, 0.1) is 27.7 Å². The first-order valence-corrected chi connectivity index (χ1v) is 17.1. The summed E-state index contributed by atoms with van der Waals surface area (Å²) >= 11 is 18.7. The summed E-state index contributed by atoms with van der Waals surface area (Å²) in [6, 6.07) is 16.3. The Kier molecular flexibility index (Phi) is 11.8. The third-order valence-corrected chi connectivity index (χ3v) is 10.5. The van der Waals surface area contributed by atoms with Crippen molar-refractivity contribution in [1.82, 2.24) is 10.2 Å². The zero-order valence-electron chi connectivity index (χ0n) is 24.6. The van der Waals surface area contributed by atoms with E-state index in [1.807, 2.05) is 6.92 Å². The van der Waals surface area contributed by atoms with Crippen LogP contribution in [0.3, 0.4) is 0 Å². The topological polar surface area (TPSA) is 96.0 Å². The van der Waals surface area contributed by atoms with Crippen LogP contribution in [-0.4, -0.2) is 50.9 Å². The zero-order chi connectivity index (χ0) is 31.9. The number of carbonyl (C=O) groups is 2. The number of hydrogen-bond donors (Lipinski definition) is 1. The molecule has 0 spiro atoms. The molecule has 12 heteroatoms. The number of nitrogens with one attached hydrogen (secondary N) is 1. The molecule has 0 bridgehead atoms. The van der Waals surface area contributed by atoms with Crippen LogP contribution in [0.15, 0.2) is 71.6 Å². The highest BCUT2D eigenvalue weighted by Crippen LogP contribution is 2.29. The van der Waals surface area contributed by atoms with Gasteiger partial charge >= 0.3 is 0 Å². The maximum Gasteiger partial charge on any atom is 0.264 e. The van der Waals surface area contributed by atoms with Gasteiger partial charge in [-0.05, 0) is 79.4 Å². The van der Waals surface area contributed by atoms with E-state index in [1.54, 1.807) is 36.4 Å². The molecule has 0 aromatic heterocycles. The van der Waals surface area contributed by atoms with Crippen LogP contribution >= 0.6 is 34.8 Å². The van der Waals surface area contributed by atoms with E-state index in [2.05, 4.69) is 5.32 Å². The number of rotatable bonds is 12. The average Bonchev–Trinajstić information content (AvgIpc) is 3.01.